The van der Waals surface area contributed by atoms with Crippen LogP contribution in [0.5, 0.6) is 0 Å². The van der Waals surface area contributed by atoms with E-state index < -0.39 is 0 Å². The van der Waals surface area contributed by atoms with Crippen molar-refractivity contribution >= 4 is 39.6 Å². The Kier molecular flexibility index (Phi) is 5.44. The highest BCUT2D eigenvalue weighted by atomic mass is 127. The molecule has 4 N–H and O–H groups in total. The van der Waals surface area contributed by atoms with Gasteiger partial charge in [-0.2, -0.15) is 4.98 Å². The van der Waals surface area contributed by atoms with Gasteiger partial charge in [-0.1, -0.05) is 18.8 Å². The summed E-state index contributed by atoms with van der Waals surface area (Å²) in [6.45, 7) is 3.71. The molecule has 0 aromatic carbocycles. The molecule has 2 heterocycles. The first-order valence-corrected chi connectivity index (χ1v) is 8.02. The number of rotatable bonds is 4. The van der Waals surface area contributed by atoms with Crippen LogP contribution >= 0.6 is 22.6 Å². The predicted octanol–water partition coefficient (Wildman–Crippen LogP) is 1.36. The molecule has 0 saturated carbocycles. The molecule has 22 heavy (non-hydrogen) atoms. The fourth-order valence-corrected chi connectivity index (χ4v) is 2.84. The van der Waals surface area contributed by atoms with Crippen LogP contribution in [0, 0.1) is 11.8 Å². The van der Waals surface area contributed by atoms with Gasteiger partial charge in [-0.25, -0.2) is 0 Å². The Labute approximate surface area is 141 Å². The molecule has 2 rings (SSSR count). The van der Waals surface area contributed by atoms with Crippen LogP contribution in [-0.4, -0.2) is 32.4 Å². The van der Waals surface area contributed by atoms with E-state index in [9.17, 15) is 4.79 Å². The van der Waals surface area contributed by atoms with Gasteiger partial charge in [0.2, 0.25) is 5.95 Å². The quantitative estimate of drug-likeness (QED) is 0.397. The van der Waals surface area contributed by atoms with Gasteiger partial charge >= 0.3 is 0 Å². The lowest BCUT2D eigenvalue weighted by Crippen LogP contribution is -2.16. The number of H-pyrrole nitrogens is 1. The van der Waals surface area contributed by atoms with Crippen molar-refractivity contribution in [2.24, 2.45) is 0 Å². The van der Waals surface area contributed by atoms with Gasteiger partial charge in [0.1, 0.15) is 6.61 Å². The molecule has 0 bridgehead atoms. The van der Waals surface area contributed by atoms with Crippen LogP contribution in [0.25, 0.3) is 11.0 Å². The summed E-state index contributed by atoms with van der Waals surface area (Å²) in [5.74, 6) is 5.33. The second-order valence-electron chi connectivity index (χ2n) is 4.71. The van der Waals surface area contributed by atoms with E-state index in [1.807, 2.05) is 13.8 Å². The van der Waals surface area contributed by atoms with E-state index in [1.54, 1.807) is 10.8 Å². The number of aliphatic hydroxyl groups excluding tert-OH is 1. The maximum atomic E-state index is 12.1. The molecule has 2 aromatic rings. The number of anilines is 1. The van der Waals surface area contributed by atoms with Crippen molar-refractivity contribution in [3.05, 3.63) is 22.1 Å². The molecule has 2 atom stereocenters. The third-order valence-electron chi connectivity index (χ3n) is 3.14. The number of aliphatic hydroxyl groups is 1. The van der Waals surface area contributed by atoms with Crippen molar-refractivity contribution in [2.75, 3.05) is 12.3 Å². The zero-order valence-corrected chi connectivity index (χ0v) is 14.4. The Morgan fingerprint density at radius 1 is 1.64 bits per heavy atom. The lowest BCUT2D eigenvalue weighted by molar-refractivity contribution is 0.0214. The van der Waals surface area contributed by atoms with Crippen LogP contribution in [0.3, 0.4) is 0 Å². The number of alkyl halides is 1. The molecule has 118 valence electrons. The number of fused-ring (bicyclic) bond motifs is 1. The molecule has 0 aliphatic heterocycles. The molecule has 8 heteroatoms. The zero-order chi connectivity index (χ0) is 16.3. The molecule has 0 amide bonds. The van der Waals surface area contributed by atoms with E-state index in [-0.39, 0.29) is 28.5 Å². The number of nitrogens with zero attached hydrogens (tertiary/aromatic N) is 2. The SMILES string of the molecule is CC[C@@H](C)OC(I)n1cc(C#CCO)c2c(=O)[nH]c(N)nc21. The van der Waals surface area contributed by atoms with Gasteiger partial charge < -0.3 is 15.6 Å². The first-order chi connectivity index (χ1) is 10.5. The number of aromatic amines is 1. The van der Waals surface area contributed by atoms with Gasteiger partial charge in [0, 0.05) is 6.20 Å². The van der Waals surface area contributed by atoms with E-state index in [1.165, 1.54) is 0 Å². The largest absolute Gasteiger partial charge is 0.384 e. The molecule has 0 aliphatic carbocycles. The second kappa shape index (κ2) is 7.13. The van der Waals surface area contributed by atoms with Crippen molar-refractivity contribution in [2.45, 2.75) is 30.6 Å². The number of hydrogen-bond donors (Lipinski definition) is 3. The van der Waals surface area contributed by atoms with E-state index in [0.717, 1.165) is 6.42 Å². The Morgan fingerprint density at radius 3 is 3.00 bits per heavy atom. The van der Waals surface area contributed by atoms with Crippen LogP contribution in [0.15, 0.2) is 11.0 Å². The highest BCUT2D eigenvalue weighted by molar-refractivity contribution is 14.1. The van der Waals surface area contributed by atoms with Gasteiger partial charge in [-0.05, 0) is 35.9 Å². The maximum Gasteiger partial charge on any atom is 0.263 e. The predicted molar refractivity (Wildman–Crippen MR) is 92.6 cm³/mol. The summed E-state index contributed by atoms with van der Waals surface area (Å²) in [6, 6.07) is 0. The second-order valence-corrected chi connectivity index (χ2v) is 5.77. The first kappa shape index (κ1) is 16.8. The topological polar surface area (TPSA) is 106 Å². The molecule has 0 aliphatic rings. The van der Waals surface area contributed by atoms with Crippen molar-refractivity contribution in [1.29, 1.82) is 0 Å². The zero-order valence-electron chi connectivity index (χ0n) is 12.3. The van der Waals surface area contributed by atoms with Gasteiger partial charge in [-0.3, -0.25) is 14.3 Å². The van der Waals surface area contributed by atoms with Crippen molar-refractivity contribution in [1.82, 2.24) is 14.5 Å². The minimum atomic E-state index is -0.365. The van der Waals surface area contributed by atoms with Crippen molar-refractivity contribution in [3.63, 3.8) is 0 Å². The summed E-state index contributed by atoms with van der Waals surface area (Å²) in [5, 5.41) is 9.19. The molecule has 0 saturated heterocycles. The molecule has 0 spiro atoms. The summed E-state index contributed by atoms with van der Waals surface area (Å²) >= 11 is 2.12. The van der Waals surface area contributed by atoms with Gasteiger partial charge in [0.05, 0.1) is 17.1 Å². The fourth-order valence-electron chi connectivity index (χ4n) is 1.91. The van der Waals surface area contributed by atoms with E-state index >= 15 is 0 Å². The fraction of sp³-hybridized carbons (Fsp3) is 0.429. The van der Waals surface area contributed by atoms with Crippen LogP contribution in [-0.2, 0) is 4.74 Å². The molecular weight excluding hydrogens is 399 g/mol. The Hall–Kier alpha value is -1.57. The summed E-state index contributed by atoms with van der Waals surface area (Å²) in [4.78, 5) is 18.8. The number of halogens is 1. The number of aromatic nitrogens is 3. The van der Waals surface area contributed by atoms with Crippen molar-refractivity contribution in [3.8, 4) is 11.8 Å². The molecule has 0 radical (unpaired) electrons. The lowest BCUT2D eigenvalue weighted by Gasteiger charge is -2.18. The van der Waals surface area contributed by atoms with E-state index in [4.69, 9.17) is 15.6 Å². The number of nitrogens with two attached hydrogens (primary N) is 1. The minimum absolute atomic E-state index is 0.0330. The monoisotopic (exact) mass is 416 g/mol. The third kappa shape index (κ3) is 3.43. The minimum Gasteiger partial charge on any atom is -0.384 e. The van der Waals surface area contributed by atoms with Gasteiger partial charge in [0.15, 0.2) is 9.88 Å². The average Bonchev–Trinajstić information content (AvgIpc) is 2.83. The van der Waals surface area contributed by atoms with Crippen LogP contribution < -0.4 is 11.3 Å². The van der Waals surface area contributed by atoms with Gasteiger partial charge in [-0.15, -0.1) is 0 Å². The third-order valence-corrected chi connectivity index (χ3v) is 4.03. The molecule has 2 aromatic heterocycles. The number of nitrogen functional groups attached to an aromatic ring is 1. The average molecular weight is 416 g/mol. The maximum absolute atomic E-state index is 12.1. The van der Waals surface area contributed by atoms with Crippen molar-refractivity contribution < 1.29 is 9.84 Å². The highest BCUT2D eigenvalue weighted by Gasteiger charge is 2.19. The number of nitrogens with one attached hydrogen (secondary N) is 1. The summed E-state index contributed by atoms with van der Waals surface area (Å²) in [6.07, 6.45) is 2.62. The van der Waals surface area contributed by atoms with E-state index in [0.29, 0.717) is 16.6 Å². The molecular formula is C14H17IN4O3. The molecule has 7 nitrogen and oxygen atoms in total. The summed E-state index contributed by atoms with van der Waals surface area (Å²) < 4.78 is 7.21. The Morgan fingerprint density at radius 2 is 2.36 bits per heavy atom. The van der Waals surface area contributed by atoms with E-state index in [2.05, 4.69) is 44.4 Å². The number of hydrogen-bond acceptors (Lipinski definition) is 5. The van der Waals surface area contributed by atoms with Crippen LogP contribution in [0.1, 0.15) is 30.1 Å². The Bertz CT molecular complexity index is 787. The Balaban J connectivity index is 2.61. The molecule has 0 fully saturated rings. The van der Waals surface area contributed by atoms with Crippen LogP contribution in [0.4, 0.5) is 5.95 Å². The first-order valence-electron chi connectivity index (χ1n) is 6.77. The summed E-state index contributed by atoms with van der Waals surface area (Å²) in [5.41, 5.74) is 6.15. The molecule has 1 unspecified atom stereocenters. The number of ether oxygens (including phenoxy) is 1. The normalized spacial score (nSPS) is 13.6. The summed E-state index contributed by atoms with van der Waals surface area (Å²) in [7, 11) is 0. The smallest absolute Gasteiger partial charge is 0.263 e. The highest BCUT2D eigenvalue weighted by Crippen LogP contribution is 2.27. The lowest BCUT2D eigenvalue weighted by atomic mass is 10.2. The van der Waals surface area contributed by atoms with Gasteiger partial charge in [0.25, 0.3) is 5.56 Å². The van der Waals surface area contributed by atoms with Crippen LogP contribution in [0.2, 0.25) is 0 Å². The standard InChI is InChI=1S/C14H17IN4O3/c1-3-8(2)22-13(15)19-7-9(5-4-6-20)10-11(19)17-14(16)18-12(10)21/h7-8,13,20H,3,6H2,1-2H3,(H3,16,17,18,21)/t8-,13?/m1/s1.